The number of nitrogens with zero attached hydrogens (tertiary/aromatic N) is 1. The van der Waals surface area contributed by atoms with E-state index in [2.05, 4.69) is 34.6 Å². The molecule has 0 aliphatic carbocycles. The minimum absolute atomic E-state index is 0.290. The van der Waals surface area contributed by atoms with E-state index in [0.717, 1.165) is 25.7 Å². The Morgan fingerprint density at radius 2 is 1.55 bits per heavy atom. The van der Waals surface area contributed by atoms with Crippen LogP contribution in [-0.4, -0.2) is 27.3 Å². The van der Waals surface area contributed by atoms with Crippen LogP contribution >= 0.6 is 0 Å². The van der Waals surface area contributed by atoms with E-state index in [1.54, 1.807) is 0 Å². The molecule has 1 aliphatic heterocycles. The summed E-state index contributed by atoms with van der Waals surface area (Å²) in [5.41, 5.74) is 2.42. The van der Waals surface area contributed by atoms with Crippen molar-refractivity contribution in [1.82, 2.24) is 5.06 Å². The van der Waals surface area contributed by atoms with Crippen LogP contribution in [0, 0.1) is 0 Å². The lowest BCUT2D eigenvalue weighted by Gasteiger charge is -2.51. The van der Waals surface area contributed by atoms with Crippen LogP contribution in [0.25, 0.3) is 0 Å². The molecule has 1 N–H and O–H groups in total. The third kappa shape index (κ3) is 4.88. The molecule has 2 aromatic rings. The van der Waals surface area contributed by atoms with Crippen molar-refractivity contribution < 1.29 is 14.7 Å². The Labute approximate surface area is 174 Å². The topological polar surface area (TPSA) is 49.8 Å². The monoisotopic (exact) mass is 395 g/mol. The van der Waals surface area contributed by atoms with Crippen LogP contribution in [0.3, 0.4) is 0 Å². The van der Waals surface area contributed by atoms with Crippen LogP contribution < -0.4 is 4.74 Å². The lowest BCUT2D eigenvalue weighted by molar-refractivity contribution is -0.245. The number of aryl methyl sites for hydroxylation is 1. The average Bonchev–Trinajstić information content (AvgIpc) is 2.67. The molecule has 3 rings (SSSR count). The molecule has 1 fully saturated rings. The van der Waals surface area contributed by atoms with Gasteiger partial charge < -0.3 is 9.94 Å². The van der Waals surface area contributed by atoms with Crippen LogP contribution in [0.15, 0.2) is 48.5 Å². The zero-order valence-corrected chi connectivity index (χ0v) is 18.2. The Bertz CT molecular complexity index is 819. The van der Waals surface area contributed by atoms with Crippen molar-refractivity contribution in [2.45, 2.75) is 77.3 Å². The normalized spacial score (nSPS) is 19.1. The van der Waals surface area contributed by atoms with Gasteiger partial charge in [-0.25, -0.2) is 4.79 Å². The maximum atomic E-state index is 12.4. The highest BCUT2D eigenvalue weighted by atomic mass is 16.5. The molecular formula is C25H33NO3. The molecule has 0 saturated carbocycles. The maximum Gasteiger partial charge on any atom is 0.343 e. The van der Waals surface area contributed by atoms with Crippen molar-refractivity contribution in [2.24, 2.45) is 0 Å². The largest absolute Gasteiger partial charge is 0.423 e. The van der Waals surface area contributed by atoms with Crippen LogP contribution in [0.2, 0.25) is 0 Å². The van der Waals surface area contributed by atoms with Gasteiger partial charge in [0.15, 0.2) is 0 Å². The first kappa shape index (κ1) is 21.5. The molecule has 0 bridgehead atoms. The molecule has 0 aromatic heterocycles. The first-order valence-corrected chi connectivity index (χ1v) is 10.5. The smallest absolute Gasteiger partial charge is 0.343 e. The Morgan fingerprint density at radius 3 is 2.07 bits per heavy atom. The minimum Gasteiger partial charge on any atom is -0.423 e. The number of rotatable bonds is 5. The van der Waals surface area contributed by atoms with Gasteiger partial charge >= 0.3 is 5.97 Å². The molecule has 1 saturated heterocycles. The lowest BCUT2D eigenvalue weighted by Crippen LogP contribution is -2.58. The highest BCUT2D eigenvalue weighted by Crippen LogP contribution is 2.44. The molecular weight excluding hydrogens is 362 g/mol. The van der Waals surface area contributed by atoms with Crippen molar-refractivity contribution in [3.63, 3.8) is 0 Å². The van der Waals surface area contributed by atoms with Crippen LogP contribution in [0.4, 0.5) is 0 Å². The summed E-state index contributed by atoms with van der Waals surface area (Å²) in [7, 11) is 0. The minimum atomic E-state index is -0.336. The van der Waals surface area contributed by atoms with Crippen molar-refractivity contribution in [2.75, 3.05) is 0 Å². The Kier molecular flexibility index (Phi) is 6.16. The van der Waals surface area contributed by atoms with Crippen LogP contribution in [0.5, 0.6) is 5.75 Å². The fourth-order valence-electron chi connectivity index (χ4n) is 4.58. The molecule has 2 aromatic carbocycles. The van der Waals surface area contributed by atoms with Crippen molar-refractivity contribution >= 4 is 5.97 Å². The number of carbonyl (C=O) groups is 1. The number of esters is 1. The van der Waals surface area contributed by atoms with Crippen molar-refractivity contribution in [1.29, 1.82) is 0 Å². The molecule has 4 heteroatoms. The summed E-state index contributed by atoms with van der Waals surface area (Å²) in [5.74, 6) is 0.561. The molecule has 1 aliphatic rings. The molecule has 0 unspecified atom stereocenters. The summed E-state index contributed by atoms with van der Waals surface area (Å²) in [6.45, 7) is 10.4. The predicted octanol–water partition coefficient (Wildman–Crippen LogP) is 5.98. The van der Waals surface area contributed by atoms with Gasteiger partial charge in [-0.15, -0.1) is 0 Å². The molecule has 0 radical (unpaired) electrons. The van der Waals surface area contributed by atoms with Gasteiger partial charge in [-0.2, -0.15) is 5.06 Å². The summed E-state index contributed by atoms with van der Waals surface area (Å²) in [5, 5.41) is 12.0. The number of piperidine rings is 1. The zero-order valence-electron chi connectivity index (χ0n) is 18.2. The number of ether oxygens (including phenoxy) is 1. The maximum absolute atomic E-state index is 12.4. The summed E-state index contributed by atoms with van der Waals surface area (Å²) in [6, 6.07) is 15.4. The first-order chi connectivity index (χ1) is 13.6. The third-order valence-corrected chi connectivity index (χ3v) is 5.93. The quantitative estimate of drug-likeness (QED) is 0.499. The van der Waals surface area contributed by atoms with Crippen LogP contribution in [0.1, 0.15) is 81.3 Å². The molecule has 0 spiro atoms. The van der Waals surface area contributed by atoms with E-state index in [9.17, 15) is 10.0 Å². The van der Waals surface area contributed by atoms with Gasteiger partial charge in [0.1, 0.15) is 5.75 Å². The number of hydroxylamine groups is 2. The van der Waals surface area contributed by atoms with Gasteiger partial charge in [-0.3, -0.25) is 0 Å². The van der Waals surface area contributed by atoms with Crippen molar-refractivity contribution in [3.8, 4) is 5.75 Å². The predicted molar refractivity (Wildman–Crippen MR) is 116 cm³/mol. The molecule has 29 heavy (non-hydrogen) atoms. The van der Waals surface area contributed by atoms with Gasteiger partial charge in [0.25, 0.3) is 0 Å². The molecule has 1 heterocycles. The van der Waals surface area contributed by atoms with Crippen LogP contribution in [-0.2, 0) is 6.42 Å². The van der Waals surface area contributed by atoms with E-state index < -0.39 is 0 Å². The Hall–Kier alpha value is -2.17. The molecule has 4 nitrogen and oxygen atoms in total. The molecule has 0 amide bonds. The van der Waals surface area contributed by atoms with Gasteiger partial charge in [0.05, 0.1) is 5.56 Å². The second kappa shape index (κ2) is 8.29. The Morgan fingerprint density at radius 1 is 1.00 bits per heavy atom. The van der Waals surface area contributed by atoms with E-state index in [1.165, 1.54) is 16.2 Å². The molecule has 0 atom stereocenters. The fraction of sp³-hybridized carbons (Fsp3) is 0.480. The number of hydrogen-bond donors (Lipinski definition) is 1. The van der Waals surface area contributed by atoms with E-state index in [1.807, 2.05) is 48.5 Å². The third-order valence-electron chi connectivity index (χ3n) is 5.93. The second-order valence-electron chi connectivity index (χ2n) is 9.45. The second-order valence-corrected chi connectivity index (χ2v) is 9.45. The molecule has 156 valence electrons. The highest BCUT2D eigenvalue weighted by Gasteiger charge is 2.45. The lowest BCUT2D eigenvalue weighted by atomic mass is 9.73. The average molecular weight is 396 g/mol. The summed E-state index contributed by atoms with van der Waals surface area (Å²) in [4.78, 5) is 12.4. The van der Waals surface area contributed by atoms with Crippen molar-refractivity contribution in [3.05, 3.63) is 65.2 Å². The van der Waals surface area contributed by atoms with Gasteiger partial charge in [0, 0.05) is 11.1 Å². The summed E-state index contributed by atoms with van der Waals surface area (Å²) in [6.07, 6.45) is 3.84. The number of hydrogen-bond acceptors (Lipinski definition) is 4. The van der Waals surface area contributed by atoms with Gasteiger partial charge in [0.2, 0.25) is 0 Å². The van der Waals surface area contributed by atoms with E-state index in [-0.39, 0.29) is 17.0 Å². The van der Waals surface area contributed by atoms with Gasteiger partial charge in [-0.1, -0.05) is 37.6 Å². The highest BCUT2D eigenvalue weighted by molar-refractivity contribution is 5.91. The van der Waals surface area contributed by atoms with E-state index in [4.69, 9.17) is 4.74 Å². The standard InChI is InChI=1S/C25H33NO3/c1-6-7-18-8-10-20(11-9-18)23(27)29-22-14-12-19(13-15-22)21-16-24(2,3)26(28)25(4,5)17-21/h8-15,21,28H,6-7,16-17H2,1-5H3. The Balaban J connectivity index is 1.68. The fourth-order valence-corrected chi connectivity index (χ4v) is 4.58. The zero-order chi connectivity index (χ0) is 21.2. The number of carbonyl (C=O) groups excluding carboxylic acids is 1. The summed E-state index contributed by atoms with van der Waals surface area (Å²) >= 11 is 0. The SMILES string of the molecule is CCCc1ccc(C(=O)Oc2ccc(C3CC(C)(C)N(O)C(C)(C)C3)cc2)cc1. The van der Waals surface area contributed by atoms with E-state index >= 15 is 0 Å². The summed E-state index contributed by atoms with van der Waals surface area (Å²) < 4.78 is 5.55. The van der Waals surface area contributed by atoms with E-state index in [0.29, 0.717) is 17.2 Å². The van der Waals surface area contributed by atoms with Gasteiger partial charge in [-0.05, 0) is 88.3 Å². The first-order valence-electron chi connectivity index (χ1n) is 10.5. The number of benzene rings is 2.